The van der Waals surface area contributed by atoms with Crippen LogP contribution in [0.5, 0.6) is 0 Å². The summed E-state index contributed by atoms with van der Waals surface area (Å²) >= 11 is -1.22. The van der Waals surface area contributed by atoms with E-state index in [1.54, 1.807) is 0 Å². The summed E-state index contributed by atoms with van der Waals surface area (Å²) in [7, 11) is 0. The second-order valence-electron chi connectivity index (χ2n) is 4.42. The summed E-state index contributed by atoms with van der Waals surface area (Å²) < 4.78 is 12.1. The zero-order valence-electron chi connectivity index (χ0n) is 11.1. The van der Waals surface area contributed by atoms with Crippen LogP contribution in [0.3, 0.4) is 0 Å². The number of hydrogen-bond acceptors (Lipinski definition) is 2. The van der Waals surface area contributed by atoms with Gasteiger partial charge in [-0.3, -0.25) is 4.79 Å². The lowest BCUT2D eigenvalue weighted by atomic mass is 10.0. The van der Waals surface area contributed by atoms with Crippen LogP contribution in [0, 0.1) is 0 Å². The van der Waals surface area contributed by atoms with E-state index in [9.17, 15) is 9.35 Å². The van der Waals surface area contributed by atoms with E-state index < -0.39 is 11.2 Å². The van der Waals surface area contributed by atoms with Crippen LogP contribution in [0.2, 0.25) is 0 Å². The highest BCUT2D eigenvalue weighted by Crippen LogP contribution is 2.33. The summed E-state index contributed by atoms with van der Waals surface area (Å²) in [6, 6.07) is 6.29. The highest BCUT2D eigenvalue weighted by molar-refractivity contribution is 8.03. The minimum absolute atomic E-state index is 0.165. The molecule has 0 saturated heterocycles. The minimum Gasteiger partial charge on any atom is -0.607 e. The molecule has 100 valence electrons. The number of carbonyl (C=O) groups is 1. The molecule has 0 bridgehead atoms. The average molecular weight is 275 g/mol. The van der Waals surface area contributed by atoms with Crippen molar-refractivity contribution in [1.82, 2.24) is 5.32 Å². The lowest BCUT2D eigenvalue weighted by Crippen LogP contribution is -2.12. The van der Waals surface area contributed by atoms with Crippen molar-refractivity contribution in [1.29, 1.82) is 0 Å². The molecule has 1 unspecified atom stereocenters. The van der Waals surface area contributed by atoms with Crippen LogP contribution in [0.25, 0.3) is 4.91 Å². The first kappa shape index (κ1) is 13.9. The van der Waals surface area contributed by atoms with Gasteiger partial charge in [0.25, 0.3) is 0 Å². The number of benzene rings is 1. The van der Waals surface area contributed by atoms with Crippen LogP contribution in [0.4, 0.5) is 0 Å². The van der Waals surface area contributed by atoms with E-state index in [0.29, 0.717) is 0 Å². The lowest BCUT2D eigenvalue weighted by molar-refractivity contribution is -0.118. The second kappa shape index (κ2) is 6.08. The number of nitrogens with one attached hydrogen (secondary N) is 1. The summed E-state index contributed by atoms with van der Waals surface area (Å²) in [5, 5.41) is 4.01. The lowest BCUT2D eigenvalue weighted by Gasteiger charge is -2.09. The van der Waals surface area contributed by atoms with Crippen molar-refractivity contribution in [3.05, 3.63) is 52.6 Å². The molecule has 0 radical (unpaired) electrons. The standard InChI is InChI=1S/C15H17NO2S/c1-3-12-4-6-14-13(10-12)5-7-15(14)19(18)9-8-16-11(2)17/h4,6-10H,3,5H2,1-2H3,(H,16,17)/b9-8+. The number of amides is 1. The van der Waals surface area contributed by atoms with Crippen molar-refractivity contribution < 1.29 is 9.35 Å². The summed E-state index contributed by atoms with van der Waals surface area (Å²) in [5.41, 5.74) is 3.59. The van der Waals surface area contributed by atoms with Gasteiger partial charge in [-0.25, -0.2) is 0 Å². The number of fused-ring (bicyclic) bond motifs is 1. The van der Waals surface area contributed by atoms with Gasteiger partial charge in [-0.1, -0.05) is 19.1 Å². The van der Waals surface area contributed by atoms with Gasteiger partial charge in [0.05, 0.1) is 6.20 Å². The Balaban J connectivity index is 2.13. The highest BCUT2D eigenvalue weighted by atomic mass is 32.2. The van der Waals surface area contributed by atoms with E-state index in [0.717, 1.165) is 23.3 Å². The Labute approximate surface area is 116 Å². The van der Waals surface area contributed by atoms with Crippen molar-refractivity contribution in [2.24, 2.45) is 0 Å². The number of rotatable bonds is 4. The Morgan fingerprint density at radius 1 is 1.53 bits per heavy atom. The third kappa shape index (κ3) is 3.28. The average Bonchev–Trinajstić information content (AvgIpc) is 2.80. The van der Waals surface area contributed by atoms with Gasteiger partial charge in [0.2, 0.25) is 5.91 Å². The van der Waals surface area contributed by atoms with Crippen LogP contribution < -0.4 is 5.32 Å². The molecule has 19 heavy (non-hydrogen) atoms. The predicted octanol–water partition coefficient (Wildman–Crippen LogP) is 2.50. The van der Waals surface area contributed by atoms with E-state index in [1.165, 1.54) is 29.7 Å². The maximum atomic E-state index is 12.1. The molecule has 0 aromatic heterocycles. The summed E-state index contributed by atoms with van der Waals surface area (Å²) in [5.74, 6) is -0.165. The molecule has 1 aromatic carbocycles. The summed E-state index contributed by atoms with van der Waals surface area (Å²) in [4.78, 5) is 11.6. The quantitative estimate of drug-likeness (QED) is 0.858. The molecular formula is C15H17NO2S. The van der Waals surface area contributed by atoms with E-state index in [2.05, 4.69) is 24.4 Å². The molecule has 0 heterocycles. The van der Waals surface area contributed by atoms with Crippen molar-refractivity contribution in [2.45, 2.75) is 26.7 Å². The van der Waals surface area contributed by atoms with Crippen LogP contribution in [-0.2, 0) is 28.8 Å². The van der Waals surface area contributed by atoms with Crippen molar-refractivity contribution in [3.8, 4) is 0 Å². The van der Waals surface area contributed by atoms with Crippen molar-refractivity contribution in [3.63, 3.8) is 0 Å². The van der Waals surface area contributed by atoms with Crippen molar-refractivity contribution in [2.75, 3.05) is 0 Å². The van der Waals surface area contributed by atoms with E-state index >= 15 is 0 Å². The fourth-order valence-corrected chi connectivity index (χ4v) is 3.07. The van der Waals surface area contributed by atoms with E-state index in [1.807, 2.05) is 12.1 Å². The molecule has 0 aliphatic heterocycles. The Hall–Kier alpha value is -1.52. The van der Waals surface area contributed by atoms with Crippen LogP contribution in [0.1, 0.15) is 30.5 Å². The van der Waals surface area contributed by atoms with Gasteiger partial charge >= 0.3 is 0 Å². The molecule has 1 atom stereocenters. The normalized spacial score (nSPS) is 15.2. The maximum absolute atomic E-state index is 12.1. The zero-order valence-corrected chi connectivity index (χ0v) is 11.9. The van der Waals surface area contributed by atoms with Gasteiger partial charge in [0, 0.05) is 23.7 Å². The summed E-state index contributed by atoms with van der Waals surface area (Å²) in [6.07, 6.45) is 5.28. The minimum atomic E-state index is -1.22. The number of carbonyl (C=O) groups excluding carboxylic acids is 1. The molecular weight excluding hydrogens is 258 g/mol. The Kier molecular flexibility index (Phi) is 4.45. The smallest absolute Gasteiger partial charge is 0.220 e. The maximum Gasteiger partial charge on any atom is 0.220 e. The third-order valence-corrected chi connectivity index (χ3v) is 4.25. The molecule has 1 aliphatic carbocycles. The predicted molar refractivity (Wildman–Crippen MR) is 78.6 cm³/mol. The fourth-order valence-electron chi connectivity index (χ4n) is 2.07. The Bertz CT molecular complexity index is 549. The van der Waals surface area contributed by atoms with E-state index in [-0.39, 0.29) is 5.91 Å². The topological polar surface area (TPSA) is 52.2 Å². The van der Waals surface area contributed by atoms with Gasteiger partial charge in [-0.15, -0.1) is 0 Å². The second-order valence-corrected chi connectivity index (χ2v) is 5.73. The Morgan fingerprint density at radius 3 is 3.00 bits per heavy atom. The fraction of sp³-hybridized carbons (Fsp3) is 0.267. The number of aryl methyl sites for hydroxylation is 1. The van der Waals surface area contributed by atoms with Gasteiger partial charge in [-0.2, -0.15) is 0 Å². The molecule has 1 N–H and O–H groups in total. The molecule has 0 fully saturated rings. The van der Waals surface area contributed by atoms with Gasteiger partial charge < -0.3 is 9.87 Å². The van der Waals surface area contributed by atoms with Crippen LogP contribution in [0.15, 0.2) is 35.9 Å². The number of allylic oxidation sites excluding steroid dienone is 1. The van der Waals surface area contributed by atoms with Crippen molar-refractivity contribution >= 4 is 22.0 Å². The Morgan fingerprint density at radius 2 is 2.32 bits per heavy atom. The van der Waals surface area contributed by atoms with Gasteiger partial charge in [0.1, 0.15) is 5.41 Å². The molecule has 1 aliphatic rings. The molecule has 0 spiro atoms. The third-order valence-electron chi connectivity index (χ3n) is 3.05. The first-order valence-electron chi connectivity index (χ1n) is 6.28. The largest absolute Gasteiger partial charge is 0.607 e. The molecule has 2 rings (SSSR count). The summed E-state index contributed by atoms with van der Waals surface area (Å²) in [6.45, 7) is 3.54. The molecule has 3 nitrogen and oxygen atoms in total. The van der Waals surface area contributed by atoms with Gasteiger partial charge in [-0.05, 0) is 36.1 Å². The molecule has 1 aromatic rings. The van der Waals surface area contributed by atoms with Crippen LogP contribution in [-0.4, -0.2) is 10.5 Å². The highest BCUT2D eigenvalue weighted by Gasteiger charge is 2.23. The first-order valence-corrected chi connectivity index (χ1v) is 7.49. The van der Waals surface area contributed by atoms with Gasteiger partial charge in [0.15, 0.2) is 4.91 Å². The molecule has 0 saturated carbocycles. The first-order chi connectivity index (χ1) is 9.11. The monoisotopic (exact) mass is 275 g/mol. The molecule has 4 heteroatoms. The SMILES string of the molecule is CCc1ccc2c(c1)CC=C2[S+]([O-])/C=C/NC(C)=O. The molecule has 1 amide bonds. The van der Waals surface area contributed by atoms with Crippen LogP contribution >= 0.6 is 0 Å². The number of hydrogen-bond donors (Lipinski definition) is 1. The van der Waals surface area contributed by atoms with E-state index in [4.69, 9.17) is 0 Å². The zero-order chi connectivity index (χ0) is 13.8.